The summed E-state index contributed by atoms with van der Waals surface area (Å²) in [5.41, 5.74) is 4.23. The summed E-state index contributed by atoms with van der Waals surface area (Å²) in [6.07, 6.45) is 2.30. The van der Waals surface area contributed by atoms with E-state index in [1.165, 1.54) is 17.3 Å². The molecule has 0 saturated carbocycles. The van der Waals surface area contributed by atoms with Crippen molar-refractivity contribution in [2.24, 2.45) is 0 Å². The van der Waals surface area contributed by atoms with E-state index in [1.54, 1.807) is 6.07 Å². The molecule has 4 nitrogen and oxygen atoms in total. The van der Waals surface area contributed by atoms with Crippen LogP contribution in [0, 0.1) is 25.2 Å². The van der Waals surface area contributed by atoms with Crippen LogP contribution >= 0.6 is 0 Å². The van der Waals surface area contributed by atoms with Crippen LogP contribution in [0.15, 0.2) is 60.3 Å². The van der Waals surface area contributed by atoms with Gasteiger partial charge in [0.05, 0.1) is 0 Å². The number of nitrogens with zero attached hydrogens (tertiary/aromatic N) is 1. The van der Waals surface area contributed by atoms with Gasteiger partial charge in [-0.05, 0) is 43.5 Å². The number of anilines is 1. The number of hydrogen-bond donors (Lipinski definition) is 2. The Morgan fingerprint density at radius 3 is 2.54 bits per heavy atom. The topological polar surface area (TPSA) is 64.9 Å². The molecule has 122 valence electrons. The number of rotatable bonds is 6. The quantitative estimate of drug-likeness (QED) is 0.487. The van der Waals surface area contributed by atoms with Crippen molar-refractivity contribution in [3.63, 3.8) is 0 Å². The molecule has 0 fully saturated rings. The highest BCUT2D eigenvalue weighted by molar-refractivity contribution is 6.06. The molecule has 0 aliphatic carbocycles. The zero-order valence-electron chi connectivity index (χ0n) is 14.0. The van der Waals surface area contributed by atoms with Crippen molar-refractivity contribution in [3.05, 3.63) is 77.0 Å². The number of benzene rings is 2. The van der Waals surface area contributed by atoms with Crippen LogP contribution < -0.4 is 10.6 Å². The van der Waals surface area contributed by atoms with E-state index in [2.05, 4.69) is 41.8 Å². The number of hydrogen-bond acceptors (Lipinski definition) is 3. The molecule has 0 unspecified atom stereocenters. The van der Waals surface area contributed by atoms with Crippen LogP contribution in [0.25, 0.3) is 0 Å². The van der Waals surface area contributed by atoms with E-state index in [1.807, 2.05) is 31.2 Å². The summed E-state index contributed by atoms with van der Waals surface area (Å²) < 4.78 is 0. The molecule has 2 aromatic rings. The van der Waals surface area contributed by atoms with Crippen LogP contribution in [0.4, 0.5) is 5.69 Å². The molecule has 0 aliphatic rings. The van der Waals surface area contributed by atoms with E-state index in [0.29, 0.717) is 12.2 Å². The van der Waals surface area contributed by atoms with Crippen molar-refractivity contribution >= 4 is 11.6 Å². The van der Waals surface area contributed by atoms with Crippen LogP contribution in [-0.4, -0.2) is 12.5 Å². The molecule has 2 N–H and O–H groups in total. The van der Waals surface area contributed by atoms with Gasteiger partial charge in [0, 0.05) is 18.4 Å². The van der Waals surface area contributed by atoms with Crippen LogP contribution in [0.5, 0.6) is 0 Å². The summed E-state index contributed by atoms with van der Waals surface area (Å²) in [7, 11) is 0. The number of carbonyl (C=O) groups is 1. The van der Waals surface area contributed by atoms with Crippen molar-refractivity contribution in [1.82, 2.24) is 5.32 Å². The second-order valence-corrected chi connectivity index (χ2v) is 5.68. The van der Waals surface area contributed by atoms with Crippen molar-refractivity contribution in [2.75, 3.05) is 11.9 Å². The first kappa shape index (κ1) is 17.3. The van der Waals surface area contributed by atoms with E-state index >= 15 is 0 Å². The SMILES string of the molecule is Cc1ccc(CCN/C=C(/C#N)C(=O)Nc2cccc(C)c2)cc1. The number of nitriles is 1. The molecular weight excluding hydrogens is 298 g/mol. The number of nitrogens with one attached hydrogen (secondary N) is 2. The molecule has 2 aromatic carbocycles. The first-order valence-corrected chi connectivity index (χ1v) is 7.85. The highest BCUT2D eigenvalue weighted by atomic mass is 16.1. The first-order chi connectivity index (χ1) is 11.6. The zero-order valence-corrected chi connectivity index (χ0v) is 14.0. The molecule has 0 aromatic heterocycles. The maximum absolute atomic E-state index is 12.1. The van der Waals surface area contributed by atoms with E-state index in [4.69, 9.17) is 5.26 Å². The van der Waals surface area contributed by atoms with Crippen LogP contribution in [0.2, 0.25) is 0 Å². The second kappa shape index (κ2) is 8.54. The maximum Gasteiger partial charge on any atom is 0.267 e. The molecule has 0 spiro atoms. The van der Waals surface area contributed by atoms with Crippen molar-refractivity contribution in [2.45, 2.75) is 20.3 Å². The van der Waals surface area contributed by atoms with Gasteiger partial charge >= 0.3 is 0 Å². The van der Waals surface area contributed by atoms with Gasteiger partial charge in [0.2, 0.25) is 0 Å². The fourth-order valence-corrected chi connectivity index (χ4v) is 2.22. The Balaban J connectivity index is 1.87. The van der Waals surface area contributed by atoms with Gasteiger partial charge in [-0.2, -0.15) is 5.26 Å². The third-order valence-electron chi connectivity index (χ3n) is 3.57. The predicted octanol–water partition coefficient (Wildman–Crippen LogP) is 3.48. The number of aryl methyl sites for hydroxylation is 2. The third kappa shape index (κ3) is 5.29. The Morgan fingerprint density at radius 2 is 1.88 bits per heavy atom. The highest BCUT2D eigenvalue weighted by Crippen LogP contribution is 2.10. The van der Waals surface area contributed by atoms with Gasteiger partial charge < -0.3 is 10.6 Å². The third-order valence-corrected chi connectivity index (χ3v) is 3.57. The summed E-state index contributed by atoms with van der Waals surface area (Å²) in [6, 6.07) is 17.7. The molecule has 0 aliphatic heterocycles. The molecule has 4 heteroatoms. The minimum absolute atomic E-state index is 0.0559. The molecule has 0 atom stereocenters. The Hall–Kier alpha value is -3.06. The summed E-state index contributed by atoms with van der Waals surface area (Å²) in [6.45, 7) is 4.66. The van der Waals surface area contributed by atoms with Gasteiger partial charge in [-0.1, -0.05) is 42.0 Å². The minimum Gasteiger partial charge on any atom is -0.389 e. The van der Waals surface area contributed by atoms with Crippen molar-refractivity contribution in [3.8, 4) is 6.07 Å². The Morgan fingerprint density at radius 1 is 1.12 bits per heavy atom. The second-order valence-electron chi connectivity index (χ2n) is 5.68. The molecule has 2 rings (SSSR count). The molecule has 0 heterocycles. The lowest BCUT2D eigenvalue weighted by atomic mass is 10.1. The highest BCUT2D eigenvalue weighted by Gasteiger charge is 2.08. The fraction of sp³-hybridized carbons (Fsp3) is 0.200. The van der Waals surface area contributed by atoms with Crippen LogP contribution in [0.3, 0.4) is 0 Å². The molecule has 1 amide bonds. The number of carbonyl (C=O) groups excluding carboxylic acids is 1. The molecule has 0 saturated heterocycles. The van der Waals surface area contributed by atoms with Crippen molar-refractivity contribution < 1.29 is 4.79 Å². The predicted molar refractivity (Wildman–Crippen MR) is 96.4 cm³/mol. The van der Waals surface area contributed by atoms with E-state index in [-0.39, 0.29) is 5.57 Å². The average molecular weight is 319 g/mol. The van der Waals surface area contributed by atoms with E-state index in [9.17, 15) is 4.79 Å². The van der Waals surface area contributed by atoms with Gasteiger partial charge in [0.1, 0.15) is 11.6 Å². The monoisotopic (exact) mass is 319 g/mol. The Bertz CT molecular complexity index is 770. The Kier molecular flexibility index (Phi) is 6.16. The maximum atomic E-state index is 12.1. The Labute approximate surface area is 142 Å². The standard InChI is InChI=1S/C20H21N3O/c1-15-6-8-17(9-7-15)10-11-22-14-18(13-21)20(24)23-19-5-3-4-16(2)12-19/h3-9,12,14,22H,10-11H2,1-2H3,(H,23,24)/b18-14-. The van der Waals surface area contributed by atoms with E-state index < -0.39 is 5.91 Å². The molecule has 0 radical (unpaired) electrons. The zero-order chi connectivity index (χ0) is 17.4. The lowest BCUT2D eigenvalue weighted by molar-refractivity contribution is -0.112. The fourth-order valence-electron chi connectivity index (χ4n) is 2.22. The summed E-state index contributed by atoms with van der Waals surface area (Å²) in [5.74, 6) is -0.411. The summed E-state index contributed by atoms with van der Waals surface area (Å²) in [5, 5.41) is 14.9. The lowest BCUT2D eigenvalue weighted by Crippen LogP contribution is -2.18. The molecular formula is C20H21N3O. The van der Waals surface area contributed by atoms with Gasteiger partial charge in [-0.25, -0.2) is 0 Å². The minimum atomic E-state index is -0.411. The average Bonchev–Trinajstić information content (AvgIpc) is 2.56. The van der Waals surface area contributed by atoms with E-state index in [0.717, 1.165) is 12.0 Å². The first-order valence-electron chi connectivity index (χ1n) is 7.85. The van der Waals surface area contributed by atoms with Gasteiger partial charge in [0.25, 0.3) is 5.91 Å². The lowest BCUT2D eigenvalue weighted by Gasteiger charge is -2.06. The van der Waals surface area contributed by atoms with Crippen LogP contribution in [0.1, 0.15) is 16.7 Å². The smallest absolute Gasteiger partial charge is 0.267 e. The van der Waals surface area contributed by atoms with Gasteiger partial charge in [0.15, 0.2) is 0 Å². The summed E-state index contributed by atoms with van der Waals surface area (Å²) in [4.78, 5) is 12.1. The molecule has 0 bridgehead atoms. The largest absolute Gasteiger partial charge is 0.389 e. The van der Waals surface area contributed by atoms with Crippen LogP contribution in [-0.2, 0) is 11.2 Å². The summed E-state index contributed by atoms with van der Waals surface area (Å²) >= 11 is 0. The number of amides is 1. The van der Waals surface area contributed by atoms with Gasteiger partial charge in [-0.3, -0.25) is 4.79 Å². The van der Waals surface area contributed by atoms with Crippen molar-refractivity contribution in [1.29, 1.82) is 5.26 Å². The van der Waals surface area contributed by atoms with Gasteiger partial charge in [-0.15, -0.1) is 0 Å². The molecule has 24 heavy (non-hydrogen) atoms. The normalized spacial score (nSPS) is 10.8.